The van der Waals surface area contributed by atoms with E-state index in [9.17, 15) is 4.39 Å². The van der Waals surface area contributed by atoms with E-state index in [-0.39, 0.29) is 5.82 Å². The number of halogens is 1. The molecule has 0 aliphatic heterocycles. The van der Waals surface area contributed by atoms with E-state index in [4.69, 9.17) is 9.72 Å². The van der Waals surface area contributed by atoms with Crippen molar-refractivity contribution >= 4 is 22.1 Å². The highest BCUT2D eigenvalue weighted by atomic mass is 19.1. The summed E-state index contributed by atoms with van der Waals surface area (Å²) >= 11 is 0. The Labute approximate surface area is 193 Å². The van der Waals surface area contributed by atoms with Gasteiger partial charge in [-0.3, -0.25) is 10.1 Å². The van der Waals surface area contributed by atoms with E-state index in [0.717, 1.165) is 49.9 Å². The van der Waals surface area contributed by atoms with Gasteiger partial charge in [0.25, 0.3) is 0 Å². The monoisotopic (exact) mass is 450 g/mol. The number of ether oxygens (including phenoxy) is 1. The maximum absolute atomic E-state index is 13.9. The SMILES string of the molecule is COc1cncc(-c2cnc3n[nH]c(-c4nc5c(C)ccc(-c6cccc(F)c6)c5[nH]4)c3c2)c1. The molecule has 0 saturated heterocycles. The fraction of sp³-hybridized carbons (Fsp3) is 0.0769. The normalized spacial score (nSPS) is 11.4. The van der Waals surface area contributed by atoms with Crippen molar-refractivity contribution in [1.82, 2.24) is 30.1 Å². The number of fused-ring (bicyclic) bond motifs is 2. The molecule has 34 heavy (non-hydrogen) atoms. The zero-order valence-electron chi connectivity index (χ0n) is 18.4. The molecule has 0 fully saturated rings. The molecule has 0 unspecified atom stereocenters. The van der Waals surface area contributed by atoms with Gasteiger partial charge >= 0.3 is 0 Å². The first-order valence-electron chi connectivity index (χ1n) is 10.7. The lowest BCUT2D eigenvalue weighted by Gasteiger charge is -2.05. The van der Waals surface area contributed by atoms with E-state index in [1.54, 1.807) is 31.8 Å². The van der Waals surface area contributed by atoms with Crippen LogP contribution in [0, 0.1) is 12.7 Å². The molecule has 0 aliphatic rings. The lowest BCUT2D eigenvalue weighted by atomic mass is 10.0. The number of benzene rings is 2. The van der Waals surface area contributed by atoms with E-state index in [1.807, 2.05) is 37.3 Å². The fourth-order valence-electron chi connectivity index (χ4n) is 4.17. The van der Waals surface area contributed by atoms with Crippen LogP contribution in [0.15, 0.2) is 67.1 Å². The zero-order valence-corrected chi connectivity index (χ0v) is 18.4. The minimum absolute atomic E-state index is 0.281. The summed E-state index contributed by atoms with van der Waals surface area (Å²) in [6.07, 6.45) is 5.18. The molecule has 2 aromatic carbocycles. The number of H-pyrrole nitrogens is 2. The van der Waals surface area contributed by atoms with E-state index < -0.39 is 0 Å². The lowest BCUT2D eigenvalue weighted by Crippen LogP contribution is -1.88. The third kappa shape index (κ3) is 3.27. The number of nitrogens with zero attached hydrogens (tertiary/aromatic N) is 4. The molecule has 0 radical (unpaired) electrons. The van der Waals surface area contributed by atoms with Gasteiger partial charge < -0.3 is 9.72 Å². The second kappa shape index (κ2) is 7.77. The average Bonchev–Trinajstić information content (AvgIpc) is 3.49. The molecule has 0 amide bonds. The van der Waals surface area contributed by atoms with Gasteiger partial charge in [-0.05, 0) is 42.3 Å². The van der Waals surface area contributed by atoms with Crippen molar-refractivity contribution in [1.29, 1.82) is 0 Å². The standard InChI is InChI=1S/C26H19FN6O/c1-14-6-7-20(15-4-3-5-18(27)8-15)23-22(14)30-26(31-23)24-21-10-17(12-29-25(21)33-32-24)16-9-19(34-2)13-28-11-16/h3-13H,1-2H3,(H,30,31)(H,29,32,33). The molecule has 0 bridgehead atoms. The molecule has 6 rings (SSSR count). The molecule has 6 aromatic rings. The Bertz CT molecular complexity index is 1690. The summed E-state index contributed by atoms with van der Waals surface area (Å²) in [4.78, 5) is 17.0. The molecule has 7 nitrogen and oxygen atoms in total. The zero-order chi connectivity index (χ0) is 23.2. The molecule has 0 aliphatic carbocycles. The number of hydrogen-bond acceptors (Lipinski definition) is 5. The molecule has 0 saturated carbocycles. The van der Waals surface area contributed by atoms with Gasteiger partial charge in [-0.25, -0.2) is 14.4 Å². The van der Waals surface area contributed by atoms with Crippen LogP contribution in [0.2, 0.25) is 0 Å². The third-order valence-corrected chi connectivity index (χ3v) is 5.91. The number of pyridine rings is 2. The number of nitrogens with one attached hydrogen (secondary N) is 2. The Hall–Kier alpha value is -4.59. The molecule has 166 valence electrons. The minimum atomic E-state index is -0.281. The van der Waals surface area contributed by atoms with Crippen LogP contribution in [0.1, 0.15) is 5.56 Å². The number of rotatable bonds is 4. The number of aryl methyl sites for hydroxylation is 1. The summed E-state index contributed by atoms with van der Waals surface area (Å²) in [7, 11) is 1.61. The van der Waals surface area contributed by atoms with Gasteiger partial charge in [0.15, 0.2) is 11.5 Å². The number of methoxy groups -OCH3 is 1. The van der Waals surface area contributed by atoms with Crippen molar-refractivity contribution in [3.8, 4) is 39.5 Å². The molecular formula is C26H19FN6O. The summed E-state index contributed by atoms with van der Waals surface area (Å²) in [5.74, 6) is 1.02. The second-order valence-electron chi connectivity index (χ2n) is 8.06. The maximum Gasteiger partial charge on any atom is 0.181 e. The number of hydrogen-bond donors (Lipinski definition) is 2. The van der Waals surface area contributed by atoms with Gasteiger partial charge in [0.1, 0.15) is 17.3 Å². The second-order valence-corrected chi connectivity index (χ2v) is 8.06. The molecule has 8 heteroatoms. The van der Waals surface area contributed by atoms with E-state index in [1.165, 1.54) is 12.1 Å². The van der Waals surface area contributed by atoms with Crippen molar-refractivity contribution in [3.05, 3.63) is 78.5 Å². The number of aromatic nitrogens is 6. The van der Waals surface area contributed by atoms with Crippen molar-refractivity contribution in [2.45, 2.75) is 6.92 Å². The number of imidazole rings is 1. The van der Waals surface area contributed by atoms with Gasteiger partial charge in [-0.2, -0.15) is 5.10 Å². The maximum atomic E-state index is 13.9. The van der Waals surface area contributed by atoms with Crippen molar-refractivity contribution < 1.29 is 9.13 Å². The van der Waals surface area contributed by atoms with Crippen LogP contribution in [0.4, 0.5) is 4.39 Å². The Kier molecular flexibility index (Phi) is 4.58. The van der Waals surface area contributed by atoms with Crippen molar-refractivity contribution in [2.75, 3.05) is 7.11 Å². The molecule has 4 aromatic heterocycles. The Morgan fingerprint density at radius 3 is 2.68 bits per heavy atom. The topological polar surface area (TPSA) is 92.4 Å². The summed E-state index contributed by atoms with van der Waals surface area (Å²) < 4.78 is 19.2. The van der Waals surface area contributed by atoms with Crippen LogP contribution in [0.25, 0.3) is 55.8 Å². The quantitative estimate of drug-likeness (QED) is 0.360. The van der Waals surface area contributed by atoms with Crippen molar-refractivity contribution in [3.63, 3.8) is 0 Å². The summed E-state index contributed by atoms with van der Waals surface area (Å²) in [5, 5.41) is 8.26. The van der Waals surface area contributed by atoms with Crippen LogP contribution in [0.3, 0.4) is 0 Å². The Morgan fingerprint density at radius 1 is 0.941 bits per heavy atom. The smallest absolute Gasteiger partial charge is 0.181 e. The van der Waals surface area contributed by atoms with E-state index >= 15 is 0 Å². The largest absolute Gasteiger partial charge is 0.495 e. The van der Waals surface area contributed by atoms with Gasteiger partial charge in [0, 0.05) is 29.1 Å². The van der Waals surface area contributed by atoms with Crippen molar-refractivity contribution in [2.24, 2.45) is 0 Å². The summed E-state index contributed by atoms with van der Waals surface area (Å²) in [5.41, 5.74) is 7.41. The molecule has 2 N–H and O–H groups in total. The van der Waals surface area contributed by atoms with Crippen LogP contribution in [-0.4, -0.2) is 37.2 Å². The fourth-order valence-corrected chi connectivity index (χ4v) is 4.17. The highest BCUT2D eigenvalue weighted by molar-refractivity contribution is 5.98. The Morgan fingerprint density at radius 2 is 1.82 bits per heavy atom. The molecule has 0 atom stereocenters. The summed E-state index contributed by atoms with van der Waals surface area (Å²) in [6, 6.07) is 14.4. The predicted molar refractivity (Wildman–Crippen MR) is 129 cm³/mol. The van der Waals surface area contributed by atoms with Gasteiger partial charge in [-0.1, -0.05) is 24.3 Å². The first kappa shape index (κ1) is 20.0. The molecular weight excluding hydrogens is 431 g/mol. The lowest BCUT2D eigenvalue weighted by molar-refractivity contribution is 0.413. The highest BCUT2D eigenvalue weighted by Crippen LogP contribution is 2.34. The molecule has 4 heterocycles. The summed E-state index contributed by atoms with van der Waals surface area (Å²) in [6.45, 7) is 2.00. The van der Waals surface area contributed by atoms with Gasteiger partial charge in [-0.15, -0.1) is 0 Å². The predicted octanol–water partition coefficient (Wildman–Crippen LogP) is 5.69. The first-order valence-corrected chi connectivity index (χ1v) is 10.7. The van der Waals surface area contributed by atoms with Crippen LogP contribution < -0.4 is 4.74 Å². The van der Waals surface area contributed by atoms with E-state index in [2.05, 4.69) is 25.1 Å². The minimum Gasteiger partial charge on any atom is -0.495 e. The van der Waals surface area contributed by atoms with Crippen LogP contribution in [0.5, 0.6) is 5.75 Å². The Balaban J connectivity index is 1.52. The first-order chi connectivity index (χ1) is 16.6. The van der Waals surface area contributed by atoms with Crippen LogP contribution >= 0.6 is 0 Å². The highest BCUT2D eigenvalue weighted by Gasteiger charge is 2.17. The van der Waals surface area contributed by atoms with Gasteiger partial charge in [0.05, 0.1) is 29.7 Å². The van der Waals surface area contributed by atoms with Gasteiger partial charge in [0.2, 0.25) is 0 Å². The van der Waals surface area contributed by atoms with E-state index in [0.29, 0.717) is 17.2 Å². The average molecular weight is 450 g/mol. The van der Waals surface area contributed by atoms with Crippen LogP contribution in [-0.2, 0) is 0 Å². The third-order valence-electron chi connectivity index (χ3n) is 5.91. The number of aromatic amines is 2. The molecule has 0 spiro atoms.